The third-order valence-corrected chi connectivity index (χ3v) is 9.20. The van der Waals surface area contributed by atoms with Gasteiger partial charge in [-0.25, -0.2) is 18.6 Å². The third kappa shape index (κ3) is 5.62. The van der Waals surface area contributed by atoms with Gasteiger partial charge in [0, 0.05) is 30.7 Å². The molecule has 0 N–H and O–H groups in total. The molecule has 0 saturated carbocycles. The van der Waals surface area contributed by atoms with Crippen molar-refractivity contribution in [3.63, 3.8) is 0 Å². The maximum absolute atomic E-state index is 16.5. The minimum absolute atomic E-state index is 0.0256. The minimum Gasteiger partial charge on any atom is -0.496 e. The molecule has 2 atom stereocenters. The average Bonchev–Trinajstić information content (AvgIpc) is 3.02. The lowest BCUT2D eigenvalue weighted by Gasteiger charge is -2.49. The highest BCUT2D eigenvalue weighted by Crippen LogP contribution is 2.44. The number of halogens is 2. The Bertz CT molecular complexity index is 2120. The fourth-order valence-corrected chi connectivity index (χ4v) is 7.03. The van der Waals surface area contributed by atoms with Crippen LogP contribution >= 0.6 is 0 Å². The van der Waals surface area contributed by atoms with E-state index in [1.807, 2.05) is 40.7 Å². The van der Waals surface area contributed by atoms with Crippen molar-refractivity contribution < 1.29 is 27.8 Å². The lowest BCUT2D eigenvalue weighted by atomic mass is 9.98. The molecule has 0 bridgehead atoms. The van der Waals surface area contributed by atoms with Crippen LogP contribution in [0.25, 0.3) is 28.0 Å². The maximum Gasteiger partial charge on any atom is 0.410 e. The molecule has 13 heteroatoms. The monoisotopic (exact) mass is 688 g/mol. The van der Waals surface area contributed by atoms with Gasteiger partial charge in [0.2, 0.25) is 0 Å². The Hall–Kier alpha value is -5.07. The number of amides is 2. The van der Waals surface area contributed by atoms with Gasteiger partial charge in [0.05, 0.1) is 36.3 Å². The molecule has 6 rings (SSSR count). The molecule has 5 heterocycles. The lowest BCUT2D eigenvalue weighted by Crippen LogP contribution is -2.66. The second kappa shape index (κ2) is 12.4. The summed E-state index contributed by atoms with van der Waals surface area (Å²) in [6.07, 6.45) is -0.564. The van der Waals surface area contributed by atoms with Gasteiger partial charge in [0.15, 0.2) is 11.5 Å². The Kier molecular flexibility index (Phi) is 8.60. The molecule has 4 aromatic rings. The number of ether oxygens (including phenoxy) is 2. The predicted octanol–water partition coefficient (Wildman–Crippen LogP) is 6.27. The number of carbonyl (C=O) groups excluding carboxylic acids is 2. The number of nitrogens with zero attached hydrogens (tertiary/aromatic N) is 6. The summed E-state index contributed by atoms with van der Waals surface area (Å²) in [5.41, 5.74) is 1.01. The summed E-state index contributed by atoms with van der Waals surface area (Å²) in [5.74, 6) is -2.09. The summed E-state index contributed by atoms with van der Waals surface area (Å²) in [6.45, 7) is 14.8. The van der Waals surface area contributed by atoms with Crippen molar-refractivity contribution in [3.05, 3.63) is 69.3 Å². The number of hydrogen-bond donors (Lipinski definition) is 0. The SMILES string of the molecule is COc1cccc(F)c1-c1nc2c(cc1F)c1c(c(=O)n2-c2c(C)cc(C)nc2C(C)C)N(C)C(=O)[C@H]2CN(C(=O)OC(C)(C)C)[C@H](C)CN12. The Labute approximate surface area is 289 Å². The first-order valence-corrected chi connectivity index (χ1v) is 16.6. The largest absolute Gasteiger partial charge is 0.496 e. The molecule has 0 aliphatic carbocycles. The van der Waals surface area contributed by atoms with Gasteiger partial charge in [-0.1, -0.05) is 19.9 Å². The second-order valence-electron chi connectivity index (χ2n) is 14.4. The number of aryl methyl sites for hydroxylation is 2. The van der Waals surface area contributed by atoms with Crippen molar-refractivity contribution in [2.45, 2.75) is 79.0 Å². The molecule has 264 valence electrons. The molecule has 2 amide bonds. The maximum atomic E-state index is 16.5. The van der Waals surface area contributed by atoms with Crippen LogP contribution in [0.1, 0.15) is 64.4 Å². The fourth-order valence-electron chi connectivity index (χ4n) is 7.03. The van der Waals surface area contributed by atoms with Gasteiger partial charge >= 0.3 is 6.09 Å². The van der Waals surface area contributed by atoms with E-state index in [0.717, 1.165) is 5.69 Å². The highest BCUT2D eigenvalue weighted by molar-refractivity contribution is 6.12. The van der Waals surface area contributed by atoms with E-state index in [1.165, 1.54) is 52.8 Å². The van der Waals surface area contributed by atoms with Crippen molar-refractivity contribution in [1.29, 1.82) is 0 Å². The Morgan fingerprint density at radius 3 is 2.34 bits per heavy atom. The number of piperazine rings is 1. The van der Waals surface area contributed by atoms with Crippen LogP contribution in [0, 0.1) is 25.5 Å². The first-order valence-electron chi connectivity index (χ1n) is 16.6. The van der Waals surface area contributed by atoms with Crippen molar-refractivity contribution in [1.82, 2.24) is 19.4 Å². The van der Waals surface area contributed by atoms with Gasteiger partial charge in [0.1, 0.15) is 34.6 Å². The summed E-state index contributed by atoms with van der Waals surface area (Å²) < 4.78 is 44.4. The van der Waals surface area contributed by atoms with Crippen LogP contribution in [0.2, 0.25) is 0 Å². The van der Waals surface area contributed by atoms with E-state index in [4.69, 9.17) is 19.4 Å². The number of likely N-dealkylation sites (N-methyl/N-ethyl adjacent to an activating group) is 1. The van der Waals surface area contributed by atoms with Gasteiger partial charge in [-0.3, -0.25) is 19.1 Å². The molecule has 1 aromatic carbocycles. The summed E-state index contributed by atoms with van der Waals surface area (Å²) in [7, 11) is 2.85. The third-order valence-electron chi connectivity index (χ3n) is 9.20. The van der Waals surface area contributed by atoms with E-state index in [9.17, 15) is 9.59 Å². The molecule has 3 aromatic heterocycles. The van der Waals surface area contributed by atoms with Crippen LogP contribution in [0.4, 0.5) is 25.0 Å². The number of aromatic nitrogens is 3. The Morgan fingerprint density at radius 1 is 1.00 bits per heavy atom. The number of rotatable bonds is 4. The number of methoxy groups -OCH3 is 1. The molecule has 2 aliphatic rings. The summed E-state index contributed by atoms with van der Waals surface area (Å²) in [4.78, 5) is 56.4. The molecular formula is C37H42F2N6O5. The number of benzene rings is 1. The average molecular weight is 689 g/mol. The van der Waals surface area contributed by atoms with Crippen LogP contribution in [0.3, 0.4) is 0 Å². The molecule has 2 aliphatic heterocycles. The van der Waals surface area contributed by atoms with Gasteiger partial charge in [-0.05, 0) is 77.3 Å². The first-order chi connectivity index (χ1) is 23.4. The van der Waals surface area contributed by atoms with E-state index < -0.39 is 46.9 Å². The van der Waals surface area contributed by atoms with Crippen LogP contribution in [-0.4, -0.2) is 76.4 Å². The fraction of sp³-hybridized carbons (Fsp3) is 0.432. The van der Waals surface area contributed by atoms with Crippen molar-refractivity contribution in [2.75, 3.05) is 37.0 Å². The number of pyridine rings is 3. The molecule has 1 saturated heterocycles. The summed E-state index contributed by atoms with van der Waals surface area (Å²) in [6, 6.07) is 5.86. The zero-order valence-corrected chi connectivity index (χ0v) is 30.0. The second-order valence-corrected chi connectivity index (χ2v) is 14.4. The number of anilines is 2. The highest BCUT2D eigenvalue weighted by atomic mass is 19.1. The zero-order chi connectivity index (χ0) is 36.6. The lowest BCUT2D eigenvalue weighted by molar-refractivity contribution is -0.121. The molecule has 0 unspecified atom stereocenters. The van der Waals surface area contributed by atoms with E-state index >= 15 is 13.6 Å². The number of hydrogen-bond acceptors (Lipinski definition) is 8. The van der Waals surface area contributed by atoms with Crippen LogP contribution in [0.15, 0.2) is 35.1 Å². The standard InChI is InChI=1S/C37H42F2N6O5/c1-18(2)28-30(19(3)14-20(4)40-28)45-33-22(15-24(39)29(41-33)27-23(38)12-11-13-26(27)49-10)31-32(35(45)47)42(9)34(46)25-17-43(21(5)16-44(25)31)36(48)50-37(6,7)8/h11-15,18,21,25H,16-17H2,1-10H3/t21-,25-/m1/s1. The zero-order valence-electron chi connectivity index (χ0n) is 30.0. The molecule has 1 fully saturated rings. The van der Waals surface area contributed by atoms with Gasteiger partial charge in [-0.2, -0.15) is 0 Å². The first kappa shape index (κ1) is 34.8. The quantitative estimate of drug-likeness (QED) is 0.247. The van der Waals surface area contributed by atoms with Crippen molar-refractivity contribution >= 4 is 34.4 Å². The Morgan fingerprint density at radius 2 is 1.70 bits per heavy atom. The summed E-state index contributed by atoms with van der Waals surface area (Å²) >= 11 is 0. The minimum atomic E-state index is -0.905. The van der Waals surface area contributed by atoms with Crippen molar-refractivity contribution in [2.24, 2.45) is 0 Å². The number of carbonyl (C=O) groups is 2. The van der Waals surface area contributed by atoms with Crippen LogP contribution in [-0.2, 0) is 9.53 Å². The van der Waals surface area contributed by atoms with Crippen LogP contribution in [0.5, 0.6) is 5.75 Å². The topological polar surface area (TPSA) is 110 Å². The molecular weight excluding hydrogens is 646 g/mol. The summed E-state index contributed by atoms with van der Waals surface area (Å²) in [5, 5.41) is 0.230. The van der Waals surface area contributed by atoms with E-state index in [1.54, 1.807) is 25.7 Å². The van der Waals surface area contributed by atoms with Gasteiger partial charge < -0.3 is 24.2 Å². The van der Waals surface area contributed by atoms with Crippen LogP contribution < -0.4 is 20.1 Å². The molecule has 0 radical (unpaired) electrons. The van der Waals surface area contributed by atoms with Gasteiger partial charge in [-0.15, -0.1) is 0 Å². The van der Waals surface area contributed by atoms with E-state index in [-0.39, 0.29) is 52.7 Å². The number of fused-ring (bicyclic) bond motifs is 5. The molecule has 50 heavy (non-hydrogen) atoms. The molecule has 0 spiro atoms. The predicted molar refractivity (Wildman–Crippen MR) is 188 cm³/mol. The van der Waals surface area contributed by atoms with E-state index in [2.05, 4.69) is 0 Å². The highest BCUT2D eigenvalue weighted by Gasteiger charge is 2.47. The smallest absolute Gasteiger partial charge is 0.410 e. The van der Waals surface area contributed by atoms with Crippen molar-refractivity contribution in [3.8, 4) is 22.7 Å². The normalized spacial score (nSPS) is 17.7. The van der Waals surface area contributed by atoms with E-state index in [0.29, 0.717) is 22.6 Å². The molecule has 11 nitrogen and oxygen atoms in total. The Balaban J connectivity index is 1.70. The van der Waals surface area contributed by atoms with Gasteiger partial charge in [0.25, 0.3) is 11.5 Å².